The normalized spacial score (nSPS) is 17.6. The molecule has 1 aliphatic heterocycles. The van der Waals surface area contributed by atoms with Crippen molar-refractivity contribution in [3.8, 4) is 11.5 Å². The van der Waals surface area contributed by atoms with E-state index in [1.54, 1.807) is 42.5 Å². The van der Waals surface area contributed by atoms with E-state index in [2.05, 4.69) is 0 Å². The standard InChI is InChI=1S/C24H17Cl2NO5/c1-32-17-8-9-19(26)18(12-17)22(29)20-21(13-4-2-7-16(28)10-13)27(24(31)23(20)30)15-6-3-5-14(25)11-15/h2-12,21,28-29H,1H3/b22-20+. The van der Waals surface area contributed by atoms with Crippen LogP contribution in [-0.4, -0.2) is 29.0 Å². The molecule has 0 spiro atoms. The number of rotatable bonds is 4. The van der Waals surface area contributed by atoms with Crippen LogP contribution in [0.1, 0.15) is 17.2 Å². The number of aromatic hydroxyl groups is 1. The Hall–Kier alpha value is -3.48. The summed E-state index contributed by atoms with van der Waals surface area (Å²) in [5, 5.41) is 21.8. The van der Waals surface area contributed by atoms with E-state index in [4.69, 9.17) is 27.9 Å². The Bertz CT molecular complexity index is 1270. The number of carbonyl (C=O) groups is 2. The van der Waals surface area contributed by atoms with Crippen molar-refractivity contribution in [3.05, 3.63) is 93.5 Å². The summed E-state index contributed by atoms with van der Waals surface area (Å²) in [5.74, 6) is -1.84. The topological polar surface area (TPSA) is 87.1 Å². The van der Waals surface area contributed by atoms with Gasteiger partial charge in [0.15, 0.2) is 0 Å². The number of hydrogen-bond acceptors (Lipinski definition) is 5. The maximum atomic E-state index is 13.1. The van der Waals surface area contributed by atoms with Crippen LogP contribution in [-0.2, 0) is 9.59 Å². The predicted molar refractivity (Wildman–Crippen MR) is 122 cm³/mol. The Balaban J connectivity index is 1.99. The number of aliphatic hydroxyl groups is 1. The molecule has 1 aliphatic rings. The first-order chi connectivity index (χ1) is 15.3. The molecule has 4 rings (SSSR count). The van der Waals surface area contributed by atoms with Crippen molar-refractivity contribution in [3.63, 3.8) is 0 Å². The van der Waals surface area contributed by atoms with Gasteiger partial charge in [0.1, 0.15) is 17.3 Å². The van der Waals surface area contributed by atoms with Crippen LogP contribution < -0.4 is 9.64 Å². The van der Waals surface area contributed by atoms with Crippen LogP contribution in [0.3, 0.4) is 0 Å². The number of methoxy groups -OCH3 is 1. The molecule has 1 amide bonds. The number of halogens is 2. The van der Waals surface area contributed by atoms with Crippen molar-refractivity contribution in [2.75, 3.05) is 12.0 Å². The molecular weight excluding hydrogens is 453 g/mol. The number of Topliss-reactive ketones (excluding diaryl/α,β-unsaturated/α-hetero) is 1. The molecule has 6 nitrogen and oxygen atoms in total. The van der Waals surface area contributed by atoms with Crippen LogP contribution in [0.15, 0.2) is 72.3 Å². The van der Waals surface area contributed by atoms with Gasteiger partial charge in [0, 0.05) is 16.3 Å². The molecule has 162 valence electrons. The monoisotopic (exact) mass is 469 g/mol. The van der Waals surface area contributed by atoms with Gasteiger partial charge >= 0.3 is 0 Å². The summed E-state index contributed by atoms with van der Waals surface area (Å²) in [6.07, 6.45) is 0. The van der Waals surface area contributed by atoms with Gasteiger partial charge in [-0.1, -0.05) is 41.4 Å². The molecule has 1 fully saturated rings. The molecular formula is C24H17Cl2NO5. The third kappa shape index (κ3) is 3.79. The smallest absolute Gasteiger partial charge is 0.300 e. The summed E-state index contributed by atoms with van der Waals surface area (Å²) in [5.41, 5.74) is 0.754. The van der Waals surface area contributed by atoms with Crippen molar-refractivity contribution in [2.45, 2.75) is 6.04 Å². The molecule has 3 aromatic rings. The number of aliphatic hydroxyl groups excluding tert-OH is 1. The maximum Gasteiger partial charge on any atom is 0.300 e. The quantitative estimate of drug-likeness (QED) is 0.306. The van der Waals surface area contributed by atoms with Crippen LogP contribution >= 0.6 is 23.2 Å². The Morgan fingerprint density at radius 3 is 2.44 bits per heavy atom. The van der Waals surface area contributed by atoms with Gasteiger partial charge < -0.3 is 14.9 Å². The van der Waals surface area contributed by atoms with E-state index in [0.717, 1.165) is 0 Å². The van der Waals surface area contributed by atoms with Crippen molar-refractivity contribution >= 4 is 46.3 Å². The van der Waals surface area contributed by atoms with Crippen molar-refractivity contribution in [2.24, 2.45) is 0 Å². The van der Waals surface area contributed by atoms with E-state index in [1.165, 1.54) is 36.3 Å². The molecule has 2 N–H and O–H groups in total. The number of ketones is 1. The Labute approximate surface area is 193 Å². The summed E-state index contributed by atoms with van der Waals surface area (Å²) in [7, 11) is 1.46. The number of amides is 1. The van der Waals surface area contributed by atoms with E-state index < -0.39 is 23.5 Å². The number of hydrogen-bond donors (Lipinski definition) is 2. The van der Waals surface area contributed by atoms with Gasteiger partial charge in [-0.2, -0.15) is 0 Å². The van der Waals surface area contributed by atoms with E-state index in [0.29, 0.717) is 22.0 Å². The summed E-state index contributed by atoms with van der Waals surface area (Å²) in [4.78, 5) is 27.5. The minimum Gasteiger partial charge on any atom is -0.508 e. The van der Waals surface area contributed by atoms with Gasteiger partial charge in [-0.25, -0.2) is 0 Å². The van der Waals surface area contributed by atoms with Gasteiger partial charge in [0.2, 0.25) is 0 Å². The van der Waals surface area contributed by atoms with Gasteiger partial charge in [0.05, 0.1) is 23.7 Å². The minimum absolute atomic E-state index is 0.0569. The molecule has 1 saturated heterocycles. The minimum atomic E-state index is -1.03. The second kappa shape index (κ2) is 8.57. The zero-order chi connectivity index (χ0) is 23.0. The third-order valence-corrected chi connectivity index (χ3v) is 5.71. The third-order valence-electron chi connectivity index (χ3n) is 5.15. The number of nitrogens with zero attached hydrogens (tertiary/aromatic N) is 1. The lowest BCUT2D eigenvalue weighted by molar-refractivity contribution is -0.132. The molecule has 1 atom stereocenters. The molecule has 0 bridgehead atoms. The molecule has 3 aromatic carbocycles. The average Bonchev–Trinajstić information content (AvgIpc) is 3.04. The first-order valence-electron chi connectivity index (χ1n) is 9.51. The molecule has 1 unspecified atom stereocenters. The number of phenols is 1. The van der Waals surface area contributed by atoms with Gasteiger partial charge in [-0.15, -0.1) is 0 Å². The van der Waals surface area contributed by atoms with E-state index in [9.17, 15) is 19.8 Å². The summed E-state index contributed by atoms with van der Waals surface area (Å²) in [6, 6.07) is 16.2. The van der Waals surface area contributed by atoms with Gasteiger partial charge in [0.25, 0.3) is 11.7 Å². The number of anilines is 1. The fourth-order valence-corrected chi connectivity index (χ4v) is 4.08. The van der Waals surface area contributed by atoms with Crippen LogP contribution in [0.2, 0.25) is 10.0 Å². The summed E-state index contributed by atoms with van der Waals surface area (Å²) < 4.78 is 5.20. The first-order valence-corrected chi connectivity index (χ1v) is 10.3. The van der Waals surface area contributed by atoms with E-state index in [1.807, 2.05) is 0 Å². The number of phenolic OH excluding ortho intramolecular Hbond substituents is 1. The molecule has 0 aliphatic carbocycles. The largest absolute Gasteiger partial charge is 0.508 e. The first kappa shape index (κ1) is 21.7. The van der Waals surface area contributed by atoms with Crippen molar-refractivity contribution in [1.29, 1.82) is 0 Å². The highest BCUT2D eigenvalue weighted by atomic mass is 35.5. The maximum absolute atomic E-state index is 13.1. The fraction of sp³-hybridized carbons (Fsp3) is 0.0833. The van der Waals surface area contributed by atoms with Gasteiger partial charge in [-0.3, -0.25) is 14.5 Å². The SMILES string of the molecule is COc1ccc(Cl)c(/C(O)=C2\C(=O)C(=O)N(c3cccc(Cl)c3)C2c2cccc(O)c2)c1. The zero-order valence-corrected chi connectivity index (χ0v) is 18.3. The molecule has 0 radical (unpaired) electrons. The highest BCUT2D eigenvalue weighted by Crippen LogP contribution is 2.44. The van der Waals surface area contributed by atoms with Crippen LogP contribution in [0.25, 0.3) is 5.76 Å². The number of ether oxygens (including phenoxy) is 1. The van der Waals surface area contributed by atoms with E-state index >= 15 is 0 Å². The van der Waals surface area contributed by atoms with E-state index in [-0.39, 0.29) is 21.9 Å². The average molecular weight is 470 g/mol. The molecule has 0 saturated carbocycles. The highest BCUT2D eigenvalue weighted by molar-refractivity contribution is 6.52. The number of benzene rings is 3. The van der Waals surface area contributed by atoms with Crippen molar-refractivity contribution in [1.82, 2.24) is 0 Å². The Morgan fingerprint density at radius 1 is 1.00 bits per heavy atom. The Morgan fingerprint density at radius 2 is 1.75 bits per heavy atom. The lowest BCUT2D eigenvalue weighted by Gasteiger charge is -2.25. The number of carbonyl (C=O) groups excluding carboxylic acids is 2. The summed E-state index contributed by atoms with van der Waals surface area (Å²) in [6.45, 7) is 0. The highest BCUT2D eigenvalue weighted by Gasteiger charge is 2.47. The zero-order valence-electron chi connectivity index (χ0n) is 16.8. The van der Waals surface area contributed by atoms with Crippen LogP contribution in [0, 0.1) is 0 Å². The van der Waals surface area contributed by atoms with Crippen molar-refractivity contribution < 1.29 is 24.5 Å². The molecule has 0 aromatic heterocycles. The lowest BCUT2D eigenvalue weighted by atomic mass is 9.95. The van der Waals surface area contributed by atoms with Crippen LogP contribution in [0.5, 0.6) is 11.5 Å². The second-order valence-electron chi connectivity index (χ2n) is 7.09. The molecule has 8 heteroatoms. The molecule has 1 heterocycles. The molecule has 32 heavy (non-hydrogen) atoms. The predicted octanol–water partition coefficient (Wildman–Crippen LogP) is 5.33. The summed E-state index contributed by atoms with van der Waals surface area (Å²) >= 11 is 12.4. The second-order valence-corrected chi connectivity index (χ2v) is 7.93. The lowest BCUT2D eigenvalue weighted by Crippen LogP contribution is -2.29. The van der Waals surface area contributed by atoms with Gasteiger partial charge in [-0.05, 0) is 54.1 Å². The van der Waals surface area contributed by atoms with Crippen LogP contribution in [0.4, 0.5) is 5.69 Å². The Kier molecular flexibility index (Phi) is 5.82. The fourth-order valence-electron chi connectivity index (χ4n) is 3.69.